The molecule has 0 saturated heterocycles. The Morgan fingerprint density at radius 1 is 0.545 bits per heavy atom. The third-order valence-corrected chi connectivity index (χ3v) is 4.59. The molecule has 0 aromatic heterocycles. The standard InChI is InChI=1S/C21H45N/c1-6-7-8-9-10-11-12-17-22(18-13-15-20(2)3)19-14-16-21(4)5/h20-21H,6-19H2,1-5H3. The third kappa shape index (κ3) is 16.3. The molecule has 0 saturated carbocycles. The lowest BCUT2D eigenvalue weighted by atomic mass is 10.1. The van der Waals surface area contributed by atoms with Crippen molar-refractivity contribution in [2.45, 2.75) is 105 Å². The van der Waals surface area contributed by atoms with E-state index < -0.39 is 0 Å². The molecule has 0 atom stereocenters. The fourth-order valence-corrected chi connectivity index (χ4v) is 3.07. The molecule has 1 nitrogen and oxygen atoms in total. The van der Waals surface area contributed by atoms with Crippen LogP contribution in [-0.2, 0) is 0 Å². The molecule has 0 radical (unpaired) electrons. The molecule has 0 fully saturated rings. The van der Waals surface area contributed by atoms with Crippen LogP contribution < -0.4 is 0 Å². The summed E-state index contributed by atoms with van der Waals surface area (Å²) in [6, 6.07) is 0. The quantitative estimate of drug-likeness (QED) is 0.280. The molecule has 0 aliphatic carbocycles. The molecule has 0 rings (SSSR count). The van der Waals surface area contributed by atoms with Crippen LogP contribution in [0.4, 0.5) is 0 Å². The van der Waals surface area contributed by atoms with Crippen LogP contribution in [0.15, 0.2) is 0 Å². The minimum absolute atomic E-state index is 0.857. The molecule has 134 valence electrons. The van der Waals surface area contributed by atoms with Gasteiger partial charge >= 0.3 is 0 Å². The summed E-state index contributed by atoms with van der Waals surface area (Å²) >= 11 is 0. The van der Waals surface area contributed by atoms with Crippen LogP contribution in [0.1, 0.15) is 105 Å². The van der Waals surface area contributed by atoms with Gasteiger partial charge in [0.2, 0.25) is 0 Å². The molecule has 0 unspecified atom stereocenters. The first-order chi connectivity index (χ1) is 10.6. The fourth-order valence-electron chi connectivity index (χ4n) is 3.07. The first kappa shape index (κ1) is 22.0. The minimum Gasteiger partial charge on any atom is -0.303 e. The Bertz CT molecular complexity index is 196. The van der Waals surface area contributed by atoms with Crippen molar-refractivity contribution in [2.24, 2.45) is 11.8 Å². The molecule has 22 heavy (non-hydrogen) atoms. The van der Waals surface area contributed by atoms with Gasteiger partial charge in [0.15, 0.2) is 0 Å². The highest BCUT2D eigenvalue weighted by atomic mass is 15.1. The van der Waals surface area contributed by atoms with Crippen molar-refractivity contribution in [3.63, 3.8) is 0 Å². The highest BCUT2D eigenvalue weighted by molar-refractivity contribution is 4.61. The second kappa shape index (κ2) is 15.8. The second-order valence-corrected chi connectivity index (χ2v) is 8.04. The van der Waals surface area contributed by atoms with E-state index in [0.29, 0.717) is 0 Å². The summed E-state index contributed by atoms with van der Waals surface area (Å²) in [5, 5.41) is 0. The Morgan fingerprint density at radius 2 is 0.955 bits per heavy atom. The van der Waals surface area contributed by atoms with Crippen LogP contribution in [0, 0.1) is 11.8 Å². The van der Waals surface area contributed by atoms with Crippen LogP contribution in [0.5, 0.6) is 0 Å². The lowest BCUT2D eigenvalue weighted by Crippen LogP contribution is -2.27. The van der Waals surface area contributed by atoms with Gasteiger partial charge in [-0.15, -0.1) is 0 Å². The minimum atomic E-state index is 0.857. The number of nitrogens with zero attached hydrogens (tertiary/aromatic N) is 1. The number of unbranched alkanes of at least 4 members (excludes halogenated alkanes) is 6. The lowest BCUT2D eigenvalue weighted by Gasteiger charge is -2.23. The van der Waals surface area contributed by atoms with Crippen molar-refractivity contribution in [3.8, 4) is 0 Å². The molecule has 0 N–H and O–H groups in total. The monoisotopic (exact) mass is 311 g/mol. The second-order valence-electron chi connectivity index (χ2n) is 8.04. The SMILES string of the molecule is CCCCCCCCCN(CCCC(C)C)CCCC(C)C. The Hall–Kier alpha value is -0.0400. The van der Waals surface area contributed by atoms with Crippen molar-refractivity contribution in [1.29, 1.82) is 0 Å². The van der Waals surface area contributed by atoms with Crippen molar-refractivity contribution in [3.05, 3.63) is 0 Å². The van der Waals surface area contributed by atoms with E-state index in [0.717, 1.165) is 11.8 Å². The van der Waals surface area contributed by atoms with E-state index >= 15 is 0 Å². The van der Waals surface area contributed by atoms with Crippen molar-refractivity contribution < 1.29 is 0 Å². The summed E-state index contributed by atoms with van der Waals surface area (Å²) in [5.41, 5.74) is 0. The molecule has 0 spiro atoms. The first-order valence-electron chi connectivity index (χ1n) is 10.3. The van der Waals surface area contributed by atoms with Gasteiger partial charge in [-0.3, -0.25) is 0 Å². The predicted molar refractivity (Wildman–Crippen MR) is 103 cm³/mol. The molecule has 0 heterocycles. The molecule has 0 amide bonds. The van der Waals surface area contributed by atoms with E-state index in [2.05, 4.69) is 39.5 Å². The van der Waals surface area contributed by atoms with E-state index in [1.165, 1.54) is 90.3 Å². The largest absolute Gasteiger partial charge is 0.303 e. The molecule has 0 aliphatic heterocycles. The van der Waals surface area contributed by atoms with Crippen LogP contribution in [0.2, 0.25) is 0 Å². The van der Waals surface area contributed by atoms with Crippen molar-refractivity contribution in [1.82, 2.24) is 4.90 Å². The number of rotatable bonds is 16. The lowest BCUT2D eigenvalue weighted by molar-refractivity contribution is 0.248. The summed E-state index contributed by atoms with van der Waals surface area (Å²) in [7, 11) is 0. The van der Waals surface area contributed by atoms with Gasteiger partial charge in [-0.1, -0.05) is 73.1 Å². The molecular formula is C21H45N. The van der Waals surface area contributed by atoms with Gasteiger partial charge in [-0.05, 0) is 63.6 Å². The van der Waals surface area contributed by atoms with E-state index in [-0.39, 0.29) is 0 Å². The molecule has 1 heteroatoms. The average Bonchev–Trinajstić information content (AvgIpc) is 2.45. The van der Waals surface area contributed by atoms with E-state index in [9.17, 15) is 0 Å². The van der Waals surface area contributed by atoms with Crippen LogP contribution in [-0.4, -0.2) is 24.5 Å². The average molecular weight is 312 g/mol. The maximum atomic E-state index is 2.75. The van der Waals surface area contributed by atoms with Gasteiger partial charge in [0, 0.05) is 0 Å². The fraction of sp³-hybridized carbons (Fsp3) is 1.00. The number of hydrogen-bond donors (Lipinski definition) is 0. The molecule has 0 bridgehead atoms. The Labute approximate surface area is 142 Å². The zero-order chi connectivity index (χ0) is 16.6. The van der Waals surface area contributed by atoms with Gasteiger partial charge in [0.05, 0.1) is 0 Å². The van der Waals surface area contributed by atoms with Crippen LogP contribution in [0.3, 0.4) is 0 Å². The zero-order valence-corrected chi connectivity index (χ0v) is 16.5. The molecular weight excluding hydrogens is 266 g/mol. The highest BCUT2D eigenvalue weighted by Gasteiger charge is 2.06. The topological polar surface area (TPSA) is 3.24 Å². The zero-order valence-electron chi connectivity index (χ0n) is 16.5. The van der Waals surface area contributed by atoms with Crippen molar-refractivity contribution in [2.75, 3.05) is 19.6 Å². The third-order valence-electron chi connectivity index (χ3n) is 4.59. The summed E-state index contributed by atoms with van der Waals surface area (Å²) in [6.07, 6.45) is 15.5. The predicted octanol–water partition coefficient (Wildman–Crippen LogP) is 6.91. The number of hydrogen-bond acceptors (Lipinski definition) is 1. The Kier molecular flexibility index (Phi) is 15.8. The van der Waals surface area contributed by atoms with Gasteiger partial charge in [0.1, 0.15) is 0 Å². The van der Waals surface area contributed by atoms with Gasteiger partial charge < -0.3 is 4.90 Å². The maximum absolute atomic E-state index is 2.75. The maximum Gasteiger partial charge on any atom is -0.00186 e. The molecule has 0 aliphatic rings. The Morgan fingerprint density at radius 3 is 1.41 bits per heavy atom. The van der Waals surface area contributed by atoms with E-state index in [1.807, 2.05) is 0 Å². The molecule has 0 aromatic carbocycles. The highest BCUT2D eigenvalue weighted by Crippen LogP contribution is 2.11. The first-order valence-corrected chi connectivity index (χ1v) is 10.3. The van der Waals surface area contributed by atoms with Crippen LogP contribution >= 0.6 is 0 Å². The van der Waals surface area contributed by atoms with Gasteiger partial charge in [0.25, 0.3) is 0 Å². The van der Waals surface area contributed by atoms with Gasteiger partial charge in [-0.2, -0.15) is 0 Å². The summed E-state index contributed by atoms with van der Waals surface area (Å²) in [6.45, 7) is 15.7. The van der Waals surface area contributed by atoms with Gasteiger partial charge in [-0.25, -0.2) is 0 Å². The normalized spacial score (nSPS) is 12.0. The summed E-state index contributed by atoms with van der Waals surface area (Å²) in [4.78, 5) is 2.75. The summed E-state index contributed by atoms with van der Waals surface area (Å²) < 4.78 is 0. The van der Waals surface area contributed by atoms with Crippen LogP contribution in [0.25, 0.3) is 0 Å². The van der Waals surface area contributed by atoms with Crippen molar-refractivity contribution >= 4 is 0 Å². The Balaban J connectivity index is 3.75. The van der Waals surface area contributed by atoms with E-state index in [4.69, 9.17) is 0 Å². The summed E-state index contributed by atoms with van der Waals surface area (Å²) in [5.74, 6) is 1.71. The smallest absolute Gasteiger partial charge is 0.00186 e. The van der Waals surface area contributed by atoms with E-state index in [1.54, 1.807) is 0 Å². The molecule has 0 aromatic rings.